The van der Waals surface area contributed by atoms with Gasteiger partial charge in [-0.3, -0.25) is 0 Å². The van der Waals surface area contributed by atoms with E-state index < -0.39 is 0 Å². The number of hydrogen-bond acceptors (Lipinski definition) is 0. The minimum atomic E-state index is 0.928. The lowest BCUT2D eigenvalue weighted by Gasteiger charge is -2.32. The molecular formula is C19H28N2+2. The van der Waals surface area contributed by atoms with E-state index in [1.54, 1.807) is 4.90 Å². The monoisotopic (exact) mass is 284 g/mol. The molecule has 21 heavy (non-hydrogen) atoms. The highest BCUT2D eigenvalue weighted by atomic mass is 15.3. The standard InChI is InChI=1S/C19H26N2/c1-2-4-16(5-3-1)14-20-8-10-21(11-9-20)15-19-13-17-6-7-18(19)12-17/h1-7,17-19H,8-15H2/p+2/t17-,18+,19-/m1/s1. The Morgan fingerprint density at radius 1 is 0.857 bits per heavy atom. The molecule has 0 spiro atoms. The van der Waals surface area contributed by atoms with Crippen LogP contribution in [0.15, 0.2) is 42.5 Å². The largest absolute Gasteiger partial charge is 0.325 e. The number of quaternary nitrogens is 2. The summed E-state index contributed by atoms with van der Waals surface area (Å²) in [6.45, 7) is 8.09. The minimum absolute atomic E-state index is 0.928. The number of piperazine rings is 1. The first-order chi connectivity index (χ1) is 10.4. The van der Waals surface area contributed by atoms with Gasteiger partial charge in [0.05, 0.1) is 6.54 Å². The molecule has 0 aromatic heterocycles. The van der Waals surface area contributed by atoms with Crippen LogP contribution in [-0.2, 0) is 6.54 Å². The van der Waals surface area contributed by atoms with Crippen LogP contribution in [0.4, 0.5) is 0 Å². The van der Waals surface area contributed by atoms with Gasteiger partial charge in [0.1, 0.15) is 32.7 Å². The van der Waals surface area contributed by atoms with Crippen molar-refractivity contribution in [1.82, 2.24) is 0 Å². The highest BCUT2D eigenvalue weighted by molar-refractivity contribution is 5.13. The fraction of sp³-hybridized carbons (Fsp3) is 0.579. The van der Waals surface area contributed by atoms with Crippen LogP contribution in [0.1, 0.15) is 18.4 Å². The van der Waals surface area contributed by atoms with E-state index in [1.165, 1.54) is 57.7 Å². The van der Waals surface area contributed by atoms with Crippen molar-refractivity contribution in [2.45, 2.75) is 19.4 Å². The molecule has 2 heteroatoms. The maximum atomic E-state index is 2.51. The van der Waals surface area contributed by atoms with E-state index in [4.69, 9.17) is 0 Å². The molecule has 0 unspecified atom stereocenters. The van der Waals surface area contributed by atoms with Crippen molar-refractivity contribution >= 4 is 0 Å². The Bertz CT molecular complexity index is 488. The molecule has 0 amide bonds. The van der Waals surface area contributed by atoms with Gasteiger partial charge in [-0.15, -0.1) is 0 Å². The van der Waals surface area contributed by atoms with Crippen molar-refractivity contribution in [2.75, 3.05) is 32.7 Å². The van der Waals surface area contributed by atoms with Crippen LogP contribution < -0.4 is 9.80 Å². The van der Waals surface area contributed by atoms with E-state index in [-0.39, 0.29) is 0 Å². The Kier molecular flexibility index (Phi) is 3.83. The molecule has 1 aliphatic heterocycles. The van der Waals surface area contributed by atoms with Crippen molar-refractivity contribution < 1.29 is 9.80 Å². The lowest BCUT2D eigenvalue weighted by Crippen LogP contribution is -3.27. The average molecular weight is 284 g/mol. The predicted molar refractivity (Wildman–Crippen MR) is 85.3 cm³/mol. The van der Waals surface area contributed by atoms with Crippen LogP contribution in [-0.4, -0.2) is 32.7 Å². The fourth-order valence-electron chi connectivity index (χ4n) is 4.72. The Morgan fingerprint density at radius 3 is 2.29 bits per heavy atom. The third-order valence-corrected chi connectivity index (χ3v) is 5.93. The Hall–Kier alpha value is -1.12. The van der Waals surface area contributed by atoms with Crippen LogP contribution in [0.5, 0.6) is 0 Å². The van der Waals surface area contributed by atoms with Gasteiger partial charge in [0.25, 0.3) is 0 Å². The van der Waals surface area contributed by atoms with Gasteiger partial charge >= 0.3 is 0 Å². The minimum Gasteiger partial charge on any atom is -0.325 e. The lowest BCUT2D eigenvalue weighted by atomic mass is 9.93. The van der Waals surface area contributed by atoms with Crippen molar-refractivity contribution in [3.05, 3.63) is 48.0 Å². The number of benzene rings is 1. The molecule has 3 aliphatic rings. The van der Waals surface area contributed by atoms with Crippen LogP contribution in [0.2, 0.25) is 0 Å². The van der Waals surface area contributed by atoms with Crippen LogP contribution in [0.3, 0.4) is 0 Å². The zero-order valence-electron chi connectivity index (χ0n) is 12.9. The predicted octanol–water partition coefficient (Wildman–Crippen LogP) is 0.182. The lowest BCUT2D eigenvalue weighted by molar-refractivity contribution is -1.02. The second kappa shape index (κ2) is 5.94. The van der Waals surface area contributed by atoms with Crippen molar-refractivity contribution in [3.63, 3.8) is 0 Å². The van der Waals surface area contributed by atoms with E-state index in [2.05, 4.69) is 42.5 Å². The van der Waals surface area contributed by atoms with Crippen LogP contribution in [0.25, 0.3) is 0 Å². The molecule has 2 aliphatic carbocycles. The second-order valence-corrected chi connectivity index (χ2v) is 7.41. The number of rotatable bonds is 4. The summed E-state index contributed by atoms with van der Waals surface area (Å²) in [5.74, 6) is 2.85. The third-order valence-electron chi connectivity index (χ3n) is 5.93. The molecule has 3 atom stereocenters. The van der Waals surface area contributed by atoms with E-state index in [0.29, 0.717) is 0 Å². The number of fused-ring (bicyclic) bond motifs is 2. The molecular weight excluding hydrogens is 256 g/mol. The van der Waals surface area contributed by atoms with Crippen LogP contribution >= 0.6 is 0 Å². The summed E-state index contributed by atoms with van der Waals surface area (Å²) >= 11 is 0. The molecule has 112 valence electrons. The smallest absolute Gasteiger partial charge is 0.127 e. The fourth-order valence-corrected chi connectivity index (χ4v) is 4.72. The Balaban J connectivity index is 1.24. The Labute approximate surface area is 128 Å². The summed E-state index contributed by atoms with van der Waals surface area (Å²) in [5, 5.41) is 0. The topological polar surface area (TPSA) is 8.88 Å². The molecule has 1 aromatic rings. The highest BCUT2D eigenvalue weighted by Crippen LogP contribution is 2.42. The SMILES string of the molecule is C1=C[C@H]2C[C@@H]1C[C@@H]2C[NH+]1CC[NH+](Cc2ccccc2)CC1. The van der Waals surface area contributed by atoms with Gasteiger partial charge in [-0.2, -0.15) is 0 Å². The molecule has 1 heterocycles. The molecule has 1 saturated heterocycles. The summed E-state index contributed by atoms with van der Waals surface area (Å²) in [5.41, 5.74) is 1.49. The van der Waals surface area contributed by atoms with Crippen molar-refractivity contribution in [1.29, 1.82) is 0 Å². The van der Waals surface area contributed by atoms with Gasteiger partial charge in [-0.1, -0.05) is 42.5 Å². The molecule has 1 saturated carbocycles. The van der Waals surface area contributed by atoms with E-state index in [1.807, 2.05) is 4.90 Å². The van der Waals surface area contributed by atoms with Gasteiger partial charge in [-0.05, 0) is 24.7 Å². The van der Waals surface area contributed by atoms with Gasteiger partial charge in [0.2, 0.25) is 0 Å². The summed E-state index contributed by atoms with van der Waals surface area (Å²) in [4.78, 5) is 3.65. The first-order valence-corrected chi connectivity index (χ1v) is 8.76. The zero-order valence-corrected chi connectivity index (χ0v) is 12.9. The maximum Gasteiger partial charge on any atom is 0.127 e. The molecule has 2 bridgehead atoms. The average Bonchev–Trinajstić information content (AvgIpc) is 3.13. The molecule has 4 rings (SSSR count). The van der Waals surface area contributed by atoms with Gasteiger partial charge in [0.15, 0.2) is 0 Å². The van der Waals surface area contributed by atoms with Gasteiger partial charge in [-0.25, -0.2) is 0 Å². The van der Waals surface area contributed by atoms with Crippen molar-refractivity contribution in [2.24, 2.45) is 17.8 Å². The first-order valence-electron chi connectivity index (χ1n) is 8.76. The van der Waals surface area contributed by atoms with Gasteiger partial charge < -0.3 is 9.80 Å². The third kappa shape index (κ3) is 3.07. The zero-order chi connectivity index (χ0) is 14.1. The number of hydrogen-bond donors (Lipinski definition) is 2. The second-order valence-electron chi connectivity index (χ2n) is 7.41. The first kappa shape index (κ1) is 13.5. The highest BCUT2D eigenvalue weighted by Gasteiger charge is 2.38. The van der Waals surface area contributed by atoms with E-state index >= 15 is 0 Å². The summed E-state index contributed by atoms with van der Waals surface area (Å²) in [6, 6.07) is 11.0. The molecule has 0 radical (unpaired) electrons. The molecule has 1 aromatic carbocycles. The maximum absolute atomic E-state index is 2.51. The Morgan fingerprint density at radius 2 is 1.62 bits per heavy atom. The van der Waals surface area contributed by atoms with Crippen LogP contribution in [0, 0.1) is 17.8 Å². The molecule has 2 nitrogen and oxygen atoms in total. The van der Waals surface area contributed by atoms with Crippen molar-refractivity contribution in [3.8, 4) is 0 Å². The summed E-state index contributed by atoms with van der Waals surface area (Å²) < 4.78 is 0. The van der Waals surface area contributed by atoms with E-state index in [9.17, 15) is 0 Å². The number of nitrogens with one attached hydrogen (secondary N) is 2. The summed E-state index contributed by atoms with van der Waals surface area (Å²) in [6.07, 6.45) is 7.92. The number of allylic oxidation sites excluding steroid dienone is 2. The molecule has 2 N–H and O–H groups in total. The van der Waals surface area contributed by atoms with E-state index in [0.717, 1.165) is 17.8 Å². The summed E-state index contributed by atoms with van der Waals surface area (Å²) in [7, 11) is 0. The van der Waals surface area contributed by atoms with Gasteiger partial charge in [0, 0.05) is 11.5 Å². The normalized spacial score (nSPS) is 38.0. The quantitative estimate of drug-likeness (QED) is 0.730. The molecule has 2 fully saturated rings.